The van der Waals surface area contributed by atoms with E-state index in [-0.39, 0.29) is 12.5 Å². The fourth-order valence-corrected chi connectivity index (χ4v) is 3.31. The SMILES string of the molecule is CCC(OC(=O)c1cc2sccc2n1C)C(=O)NCc1ccco1. The van der Waals surface area contributed by atoms with Crippen molar-refractivity contribution in [3.05, 3.63) is 47.4 Å². The van der Waals surface area contributed by atoms with Crippen molar-refractivity contribution in [2.75, 3.05) is 0 Å². The van der Waals surface area contributed by atoms with Gasteiger partial charge in [0.25, 0.3) is 5.91 Å². The van der Waals surface area contributed by atoms with Gasteiger partial charge in [0.15, 0.2) is 6.10 Å². The molecule has 0 spiro atoms. The summed E-state index contributed by atoms with van der Waals surface area (Å²) in [7, 11) is 1.81. The number of nitrogens with zero attached hydrogens (tertiary/aromatic N) is 1. The first kappa shape index (κ1) is 16.3. The fraction of sp³-hybridized carbons (Fsp3) is 0.294. The van der Waals surface area contributed by atoms with E-state index in [9.17, 15) is 9.59 Å². The molecule has 3 aromatic heterocycles. The smallest absolute Gasteiger partial charge is 0.355 e. The average molecular weight is 346 g/mol. The lowest BCUT2D eigenvalue weighted by molar-refractivity contribution is -0.130. The molecule has 0 aliphatic rings. The minimum Gasteiger partial charge on any atom is -0.467 e. The lowest BCUT2D eigenvalue weighted by Crippen LogP contribution is -2.37. The van der Waals surface area contributed by atoms with Gasteiger partial charge in [0.2, 0.25) is 0 Å². The number of hydrogen-bond donors (Lipinski definition) is 1. The van der Waals surface area contributed by atoms with Crippen molar-refractivity contribution in [1.82, 2.24) is 9.88 Å². The van der Waals surface area contributed by atoms with Crippen molar-refractivity contribution in [3.63, 3.8) is 0 Å². The van der Waals surface area contributed by atoms with Crippen LogP contribution in [0.3, 0.4) is 0 Å². The largest absolute Gasteiger partial charge is 0.467 e. The van der Waals surface area contributed by atoms with Gasteiger partial charge in [-0.2, -0.15) is 0 Å². The summed E-state index contributed by atoms with van der Waals surface area (Å²) < 4.78 is 13.4. The Morgan fingerprint density at radius 2 is 2.25 bits per heavy atom. The molecule has 0 radical (unpaired) electrons. The predicted molar refractivity (Wildman–Crippen MR) is 90.8 cm³/mol. The number of esters is 1. The number of furan rings is 1. The molecule has 0 fully saturated rings. The van der Waals surface area contributed by atoms with Crippen LogP contribution in [0, 0.1) is 0 Å². The molecule has 0 aliphatic heterocycles. The molecule has 0 bridgehead atoms. The number of hydrogen-bond acceptors (Lipinski definition) is 5. The van der Waals surface area contributed by atoms with E-state index >= 15 is 0 Å². The molecule has 3 rings (SSSR count). The first-order chi connectivity index (χ1) is 11.6. The van der Waals surface area contributed by atoms with Crippen molar-refractivity contribution in [3.8, 4) is 0 Å². The minimum absolute atomic E-state index is 0.264. The molecular formula is C17H18N2O4S. The lowest BCUT2D eigenvalue weighted by atomic mass is 10.2. The summed E-state index contributed by atoms with van der Waals surface area (Å²) in [4.78, 5) is 24.6. The molecule has 0 saturated carbocycles. The molecular weight excluding hydrogens is 328 g/mol. The third-order valence-electron chi connectivity index (χ3n) is 3.80. The maximum Gasteiger partial charge on any atom is 0.355 e. The Kier molecular flexibility index (Phi) is 4.71. The van der Waals surface area contributed by atoms with Crippen molar-refractivity contribution in [2.45, 2.75) is 26.0 Å². The standard InChI is InChI=1S/C17H18N2O4S/c1-3-14(16(20)18-10-11-5-4-7-22-11)23-17(21)13-9-15-12(19(13)2)6-8-24-15/h4-9,14H,3,10H2,1-2H3,(H,18,20). The van der Waals surface area contributed by atoms with Crippen LogP contribution in [-0.4, -0.2) is 22.5 Å². The zero-order valence-electron chi connectivity index (χ0n) is 13.4. The monoisotopic (exact) mass is 346 g/mol. The highest BCUT2D eigenvalue weighted by Gasteiger charge is 2.24. The summed E-state index contributed by atoms with van der Waals surface area (Å²) in [6.07, 6.45) is 1.11. The first-order valence-electron chi connectivity index (χ1n) is 7.64. The Hall–Kier alpha value is -2.54. The van der Waals surface area contributed by atoms with Gasteiger partial charge in [-0.3, -0.25) is 4.79 Å². The zero-order chi connectivity index (χ0) is 17.1. The quantitative estimate of drug-likeness (QED) is 0.696. The van der Waals surface area contributed by atoms with Crippen LogP contribution >= 0.6 is 11.3 Å². The predicted octanol–water partition coefficient (Wildman–Crippen LogP) is 3.08. The summed E-state index contributed by atoms with van der Waals surface area (Å²) in [5.41, 5.74) is 1.41. The van der Waals surface area contributed by atoms with Crippen LogP contribution in [0.5, 0.6) is 0 Å². The molecule has 7 heteroatoms. The number of carbonyl (C=O) groups is 2. The topological polar surface area (TPSA) is 73.5 Å². The Balaban J connectivity index is 1.65. The molecule has 6 nitrogen and oxygen atoms in total. The number of amides is 1. The number of nitrogens with one attached hydrogen (secondary N) is 1. The number of ether oxygens (including phenoxy) is 1. The van der Waals surface area contributed by atoms with Gasteiger partial charge in [-0.25, -0.2) is 4.79 Å². The highest BCUT2D eigenvalue weighted by molar-refractivity contribution is 7.17. The van der Waals surface area contributed by atoms with Crippen LogP contribution < -0.4 is 5.32 Å². The molecule has 24 heavy (non-hydrogen) atoms. The maximum absolute atomic E-state index is 12.4. The van der Waals surface area contributed by atoms with E-state index in [1.165, 1.54) is 0 Å². The van der Waals surface area contributed by atoms with Gasteiger partial charge < -0.3 is 19.0 Å². The number of rotatable bonds is 6. The second-order valence-electron chi connectivity index (χ2n) is 5.36. The number of thiophene rings is 1. The van der Waals surface area contributed by atoms with Crippen LogP contribution in [0.1, 0.15) is 29.6 Å². The summed E-state index contributed by atoms with van der Waals surface area (Å²) in [6.45, 7) is 2.06. The highest BCUT2D eigenvalue weighted by atomic mass is 32.1. The molecule has 1 atom stereocenters. The van der Waals surface area contributed by atoms with Crippen LogP contribution in [0.25, 0.3) is 10.2 Å². The first-order valence-corrected chi connectivity index (χ1v) is 8.52. The summed E-state index contributed by atoms with van der Waals surface area (Å²) >= 11 is 1.56. The highest BCUT2D eigenvalue weighted by Crippen LogP contribution is 2.24. The van der Waals surface area contributed by atoms with Crippen molar-refractivity contribution in [1.29, 1.82) is 0 Å². The number of carbonyl (C=O) groups excluding carboxylic acids is 2. The Morgan fingerprint density at radius 1 is 1.42 bits per heavy atom. The van der Waals surface area contributed by atoms with E-state index in [1.807, 2.05) is 18.5 Å². The zero-order valence-corrected chi connectivity index (χ0v) is 14.3. The summed E-state index contributed by atoms with van der Waals surface area (Å²) in [5.74, 6) is -0.189. The molecule has 1 amide bonds. The molecule has 1 N–H and O–H groups in total. The van der Waals surface area contributed by atoms with Crippen LogP contribution in [-0.2, 0) is 23.1 Å². The van der Waals surface area contributed by atoms with Gasteiger partial charge in [-0.15, -0.1) is 11.3 Å². The maximum atomic E-state index is 12.4. The number of aryl methyl sites for hydroxylation is 1. The normalized spacial score (nSPS) is 12.2. The fourth-order valence-electron chi connectivity index (χ4n) is 2.46. The van der Waals surface area contributed by atoms with Crippen LogP contribution in [0.15, 0.2) is 40.3 Å². The number of aromatic nitrogens is 1. The lowest BCUT2D eigenvalue weighted by Gasteiger charge is -2.16. The Labute approximate surface area is 143 Å². The molecule has 3 heterocycles. The van der Waals surface area contributed by atoms with Gasteiger partial charge in [-0.1, -0.05) is 6.92 Å². The van der Waals surface area contributed by atoms with Crippen molar-refractivity contribution < 1.29 is 18.7 Å². The Morgan fingerprint density at radius 3 is 2.92 bits per heavy atom. The van der Waals surface area contributed by atoms with E-state index in [0.29, 0.717) is 17.9 Å². The van der Waals surface area contributed by atoms with Crippen molar-refractivity contribution in [2.24, 2.45) is 7.05 Å². The van der Waals surface area contributed by atoms with Crippen LogP contribution in [0.4, 0.5) is 0 Å². The van der Waals surface area contributed by atoms with Gasteiger partial charge in [-0.05, 0) is 36.1 Å². The summed E-state index contributed by atoms with van der Waals surface area (Å²) in [6, 6.07) is 7.25. The summed E-state index contributed by atoms with van der Waals surface area (Å²) in [5, 5.41) is 4.68. The molecule has 3 aromatic rings. The van der Waals surface area contributed by atoms with Crippen LogP contribution in [0.2, 0.25) is 0 Å². The average Bonchev–Trinajstić information content (AvgIpc) is 3.29. The van der Waals surface area contributed by atoms with Gasteiger partial charge in [0.1, 0.15) is 11.5 Å². The second-order valence-corrected chi connectivity index (χ2v) is 6.31. The van der Waals surface area contributed by atoms with Gasteiger partial charge in [0.05, 0.1) is 23.0 Å². The molecule has 126 valence electrons. The third kappa shape index (κ3) is 3.21. The van der Waals surface area contributed by atoms with Gasteiger partial charge in [0, 0.05) is 7.05 Å². The molecule has 0 aliphatic carbocycles. The van der Waals surface area contributed by atoms with E-state index in [0.717, 1.165) is 10.2 Å². The van der Waals surface area contributed by atoms with E-state index in [2.05, 4.69) is 5.32 Å². The minimum atomic E-state index is -0.833. The van der Waals surface area contributed by atoms with E-state index in [4.69, 9.17) is 9.15 Å². The van der Waals surface area contributed by atoms with E-state index in [1.54, 1.807) is 47.3 Å². The van der Waals surface area contributed by atoms with Gasteiger partial charge >= 0.3 is 5.97 Å². The van der Waals surface area contributed by atoms with E-state index < -0.39 is 12.1 Å². The third-order valence-corrected chi connectivity index (χ3v) is 4.66. The number of fused-ring (bicyclic) bond motifs is 1. The molecule has 0 saturated heterocycles. The Bertz CT molecular complexity index is 847. The second kappa shape index (κ2) is 6.92. The molecule has 1 unspecified atom stereocenters. The van der Waals surface area contributed by atoms with Crippen molar-refractivity contribution >= 4 is 33.4 Å². The molecule has 0 aromatic carbocycles.